The number of halogens is 2. The van der Waals surface area contributed by atoms with E-state index in [1.165, 1.54) is 29.3 Å². The maximum atomic E-state index is 13.1. The zero-order valence-electron chi connectivity index (χ0n) is 15.3. The van der Waals surface area contributed by atoms with Gasteiger partial charge in [-0.3, -0.25) is 4.79 Å². The molecule has 1 saturated heterocycles. The number of rotatable bonds is 4. The number of sulfonamides is 1. The number of hydrogen-bond acceptors (Lipinski definition) is 3. The summed E-state index contributed by atoms with van der Waals surface area (Å²) in [6.07, 6.45) is 8.08. The summed E-state index contributed by atoms with van der Waals surface area (Å²) in [6, 6.07) is 4.86. The fourth-order valence-electron chi connectivity index (χ4n) is 3.98. The Labute approximate surface area is 171 Å². The van der Waals surface area contributed by atoms with Crippen LogP contribution in [0.3, 0.4) is 0 Å². The van der Waals surface area contributed by atoms with Crippen molar-refractivity contribution in [1.82, 2.24) is 9.62 Å². The van der Waals surface area contributed by atoms with Gasteiger partial charge in [0.1, 0.15) is 4.90 Å². The van der Waals surface area contributed by atoms with Gasteiger partial charge in [0.2, 0.25) is 15.9 Å². The molecule has 1 aromatic carbocycles. The van der Waals surface area contributed by atoms with Gasteiger partial charge in [-0.2, -0.15) is 4.31 Å². The minimum Gasteiger partial charge on any atom is -0.353 e. The molecule has 5 nitrogen and oxygen atoms in total. The number of nitrogens with zero attached hydrogens (tertiary/aromatic N) is 1. The van der Waals surface area contributed by atoms with Crippen molar-refractivity contribution in [3.05, 3.63) is 28.2 Å². The van der Waals surface area contributed by atoms with Crippen molar-refractivity contribution in [2.75, 3.05) is 13.1 Å². The molecule has 1 amide bonds. The molecule has 1 saturated carbocycles. The lowest BCUT2D eigenvalue weighted by molar-refractivity contribution is -0.126. The summed E-state index contributed by atoms with van der Waals surface area (Å²) < 4.78 is 27.5. The van der Waals surface area contributed by atoms with Crippen molar-refractivity contribution >= 4 is 39.1 Å². The average Bonchev–Trinajstić information content (AvgIpc) is 2.90. The van der Waals surface area contributed by atoms with Crippen LogP contribution in [0.15, 0.2) is 23.1 Å². The van der Waals surface area contributed by atoms with E-state index in [0.29, 0.717) is 19.4 Å². The first-order valence-electron chi connectivity index (χ1n) is 9.64. The second-order valence-corrected chi connectivity index (χ2v) is 10.1. The summed E-state index contributed by atoms with van der Waals surface area (Å²) in [5.41, 5.74) is 0. The van der Waals surface area contributed by atoms with Gasteiger partial charge in [0.05, 0.1) is 16.0 Å². The van der Waals surface area contributed by atoms with Crippen molar-refractivity contribution in [3.63, 3.8) is 0 Å². The molecule has 150 valence electrons. The largest absolute Gasteiger partial charge is 0.353 e. The molecule has 3 rings (SSSR count). The Bertz CT molecular complexity index is 757. The first-order valence-corrected chi connectivity index (χ1v) is 11.8. The van der Waals surface area contributed by atoms with Gasteiger partial charge in [-0.25, -0.2) is 8.42 Å². The van der Waals surface area contributed by atoms with Crippen LogP contribution < -0.4 is 5.32 Å². The number of nitrogens with one attached hydrogen (secondary N) is 1. The highest BCUT2D eigenvalue weighted by molar-refractivity contribution is 7.89. The monoisotopic (exact) mass is 432 g/mol. The van der Waals surface area contributed by atoms with Gasteiger partial charge in [-0.05, 0) is 37.8 Å². The number of benzene rings is 1. The molecule has 1 heterocycles. The minimum atomic E-state index is -3.84. The molecular formula is C19H26Cl2N2O3S. The predicted octanol–water partition coefficient (Wildman–Crippen LogP) is 4.23. The third-order valence-corrected chi connectivity index (χ3v) is 8.29. The van der Waals surface area contributed by atoms with Gasteiger partial charge >= 0.3 is 0 Å². The van der Waals surface area contributed by atoms with Crippen molar-refractivity contribution in [2.24, 2.45) is 5.92 Å². The highest BCUT2D eigenvalue weighted by Crippen LogP contribution is 2.33. The molecule has 8 heteroatoms. The lowest BCUT2D eigenvalue weighted by Gasteiger charge is -2.32. The zero-order chi connectivity index (χ0) is 19.4. The minimum absolute atomic E-state index is 0.0351. The Morgan fingerprint density at radius 1 is 1.00 bits per heavy atom. The van der Waals surface area contributed by atoms with E-state index in [4.69, 9.17) is 23.2 Å². The van der Waals surface area contributed by atoms with Crippen LogP contribution in [0.5, 0.6) is 0 Å². The van der Waals surface area contributed by atoms with E-state index >= 15 is 0 Å². The molecule has 1 aromatic rings. The highest BCUT2D eigenvalue weighted by Gasteiger charge is 2.35. The number of hydrogen-bond donors (Lipinski definition) is 1. The summed E-state index contributed by atoms with van der Waals surface area (Å²) in [7, 11) is -3.84. The molecule has 27 heavy (non-hydrogen) atoms. The van der Waals surface area contributed by atoms with Crippen LogP contribution in [0.4, 0.5) is 0 Å². The van der Waals surface area contributed by atoms with Gasteiger partial charge in [0.25, 0.3) is 0 Å². The fraction of sp³-hybridized carbons (Fsp3) is 0.632. The zero-order valence-corrected chi connectivity index (χ0v) is 17.6. The maximum absolute atomic E-state index is 13.1. The van der Waals surface area contributed by atoms with E-state index in [2.05, 4.69) is 5.32 Å². The van der Waals surface area contributed by atoms with Crippen LogP contribution in [0.1, 0.15) is 51.4 Å². The van der Waals surface area contributed by atoms with Crippen LogP contribution in [0.2, 0.25) is 10.0 Å². The summed E-state index contributed by atoms with van der Waals surface area (Å²) in [5, 5.41) is 3.36. The molecule has 2 aliphatic rings. The van der Waals surface area contributed by atoms with E-state index in [9.17, 15) is 13.2 Å². The molecule has 1 atom stereocenters. The Balaban J connectivity index is 1.70. The van der Waals surface area contributed by atoms with Gasteiger partial charge in [-0.1, -0.05) is 55.0 Å². The van der Waals surface area contributed by atoms with Gasteiger partial charge in [0.15, 0.2) is 0 Å². The van der Waals surface area contributed by atoms with Gasteiger partial charge in [0, 0.05) is 19.1 Å². The Morgan fingerprint density at radius 2 is 1.63 bits per heavy atom. The van der Waals surface area contributed by atoms with Crippen LogP contribution in [-0.4, -0.2) is 37.8 Å². The second-order valence-electron chi connectivity index (χ2n) is 7.45. The maximum Gasteiger partial charge on any atom is 0.246 e. The number of carbonyl (C=O) groups excluding carboxylic acids is 1. The molecule has 0 unspecified atom stereocenters. The van der Waals surface area contributed by atoms with E-state index in [0.717, 1.165) is 25.7 Å². The smallest absolute Gasteiger partial charge is 0.246 e. The topological polar surface area (TPSA) is 66.5 Å². The molecule has 0 bridgehead atoms. The van der Waals surface area contributed by atoms with Crippen molar-refractivity contribution < 1.29 is 13.2 Å². The molecular weight excluding hydrogens is 407 g/mol. The first kappa shape index (κ1) is 20.9. The quantitative estimate of drug-likeness (QED) is 0.723. The molecule has 1 N–H and O–H groups in total. The normalized spacial score (nSPS) is 23.0. The summed E-state index contributed by atoms with van der Waals surface area (Å²) in [4.78, 5) is 12.7. The summed E-state index contributed by atoms with van der Waals surface area (Å²) >= 11 is 12.2. The molecule has 1 aliphatic heterocycles. The Morgan fingerprint density at radius 3 is 2.26 bits per heavy atom. The third-order valence-electron chi connectivity index (χ3n) is 5.47. The highest BCUT2D eigenvalue weighted by atomic mass is 35.5. The van der Waals surface area contributed by atoms with Gasteiger partial charge in [-0.15, -0.1) is 0 Å². The van der Waals surface area contributed by atoms with Crippen molar-refractivity contribution in [3.8, 4) is 0 Å². The van der Waals surface area contributed by atoms with Crippen molar-refractivity contribution in [2.45, 2.75) is 62.3 Å². The summed E-state index contributed by atoms with van der Waals surface area (Å²) in [6.45, 7) is 0.541. The van der Waals surface area contributed by atoms with E-state index in [1.54, 1.807) is 6.07 Å². The molecule has 1 aliphatic carbocycles. The van der Waals surface area contributed by atoms with E-state index in [-0.39, 0.29) is 39.4 Å². The summed E-state index contributed by atoms with van der Waals surface area (Å²) in [5.74, 6) is -0.370. The molecule has 0 radical (unpaired) electrons. The van der Waals surface area contributed by atoms with Crippen LogP contribution >= 0.6 is 23.2 Å². The molecule has 0 aromatic heterocycles. The Kier molecular flexibility index (Phi) is 7.06. The average molecular weight is 433 g/mol. The second kappa shape index (κ2) is 9.12. The lowest BCUT2D eigenvalue weighted by atomic mass is 9.97. The van der Waals surface area contributed by atoms with E-state index in [1.807, 2.05) is 0 Å². The number of amides is 1. The third kappa shape index (κ3) is 4.97. The van der Waals surface area contributed by atoms with Crippen LogP contribution in [0, 0.1) is 5.92 Å². The van der Waals surface area contributed by atoms with Crippen molar-refractivity contribution in [1.29, 1.82) is 0 Å². The van der Waals surface area contributed by atoms with Crippen LogP contribution in [0.25, 0.3) is 0 Å². The lowest BCUT2D eigenvalue weighted by Crippen LogP contribution is -2.47. The van der Waals surface area contributed by atoms with E-state index < -0.39 is 10.0 Å². The molecule has 0 spiro atoms. The van der Waals surface area contributed by atoms with Crippen LogP contribution in [-0.2, 0) is 14.8 Å². The Hall–Kier alpha value is -0.820. The fourth-order valence-corrected chi connectivity index (χ4v) is 6.59. The first-order chi connectivity index (χ1) is 12.9. The number of carbonyl (C=O) groups is 1. The molecule has 2 fully saturated rings. The SMILES string of the molecule is O=C(NC1CCCCCC1)[C@H]1CCCN(S(=O)(=O)c2c(Cl)cccc2Cl)C1. The predicted molar refractivity (Wildman–Crippen MR) is 108 cm³/mol. The standard InChI is InChI=1S/C19H26Cl2N2O3S/c20-16-10-5-11-17(21)18(16)27(25,26)23-12-6-7-14(13-23)19(24)22-15-8-3-1-2-4-9-15/h5,10-11,14-15H,1-4,6-9,12-13H2,(H,22,24)/t14-/m0/s1. The van der Waals surface area contributed by atoms with Gasteiger partial charge < -0.3 is 5.32 Å². The number of piperidine rings is 1.